The first-order valence-electron chi connectivity index (χ1n) is 6.78. The third kappa shape index (κ3) is 1.90. The van der Waals surface area contributed by atoms with Crippen molar-refractivity contribution in [3.05, 3.63) is 40.5 Å². The second-order valence-electron chi connectivity index (χ2n) is 5.93. The molecular formula is C17H18O3. The zero-order chi connectivity index (χ0) is 14.7. The summed E-state index contributed by atoms with van der Waals surface area (Å²) in [5.41, 5.74) is 3.85. The number of aliphatic hydroxyl groups is 1. The zero-order valence-corrected chi connectivity index (χ0v) is 12.2. The van der Waals surface area contributed by atoms with Crippen molar-refractivity contribution in [3.63, 3.8) is 0 Å². The van der Waals surface area contributed by atoms with E-state index >= 15 is 0 Å². The molecule has 20 heavy (non-hydrogen) atoms. The molecule has 0 radical (unpaired) electrons. The van der Waals surface area contributed by atoms with Gasteiger partial charge in [0.25, 0.3) is 0 Å². The monoisotopic (exact) mass is 270 g/mol. The number of rotatable bonds is 0. The second-order valence-corrected chi connectivity index (χ2v) is 5.93. The summed E-state index contributed by atoms with van der Waals surface area (Å²) < 4.78 is 5.71. The van der Waals surface area contributed by atoms with Gasteiger partial charge in [-0.05, 0) is 48.9 Å². The summed E-state index contributed by atoms with van der Waals surface area (Å²) in [5, 5.41) is 12.1. The number of ether oxygens (including phenoxy) is 1. The first-order chi connectivity index (χ1) is 9.28. The van der Waals surface area contributed by atoms with Crippen molar-refractivity contribution in [1.82, 2.24) is 0 Å². The molecule has 0 amide bonds. The predicted octanol–water partition coefficient (Wildman–Crippen LogP) is 3.44. The average Bonchev–Trinajstić information content (AvgIpc) is 2.29. The maximum Gasteiger partial charge on any atom is 0.212 e. The SMILES string of the molecule is Cc1cc2cc(C)c3c(c2cc1C)OC(C)(O)CC3=O. The van der Waals surface area contributed by atoms with E-state index in [9.17, 15) is 9.90 Å². The van der Waals surface area contributed by atoms with Gasteiger partial charge in [0.1, 0.15) is 5.75 Å². The van der Waals surface area contributed by atoms with Crippen molar-refractivity contribution in [2.75, 3.05) is 0 Å². The van der Waals surface area contributed by atoms with E-state index in [0.717, 1.165) is 21.9 Å². The van der Waals surface area contributed by atoms with Crippen molar-refractivity contribution in [2.24, 2.45) is 0 Å². The van der Waals surface area contributed by atoms with Crippen molar-refractivity contribution < 1.29 is 14.6 Å². The Balaban J connectivity index is 2.40. The summed E-state index contributed by atoms with van der Waals surface area (Å²) >= 11 is 0. The fraction of sp³-hybridized carbons (Fsp3) is 0.353. The molecule has 1 unspecified atom stereocenters. The molecule has 1 heterocycles. The number of Topliss-reactive ketones (excluding diaryl/α,β-unsaturated/α-hetero) is 1. The highest BCUT2D eigenvalue weighted by molar-refractivity contribution is 6.07. The van der Waals surface area contributed by atoms with Gasteiger partial charge in [0.2, 0.25) is 5.79 Å². The quantitative estimate of drug-likeness (QED) is 0.797. The van der Waals surface area contributed by atoms with E-state index < -0.39 is 5.79 Å². The molecule has 0 spiro atoms. The predicted molar refractivity (Wildman–Crippen MR) is 78.4 cm³/mol. The Morgan fingerprint density at radius 2 is 1.70 bits per heavy atom. The molecule has 0 saturated heterocycles. The Labute approximate surface area is 118 Å². The first kappa shape index (κ1) is 13.1. The van der Waals surface area contributed by atoms with E-state index in [0.29, 0.717) is 11.3 Å². The second kappa shape index (κ2) is 4.06. The molecule has 0 fully saturated rings. The van der Waals surface area contributed by atoms with Crippen LogP contribution in [0.25, 0.3) is 10.8 Å². The Bertz CT molecular complexity index is 742. The average molecular weight is 270 g/mol. The lowest BCUT2D eigenvalue weighted by atomic mass is 9.90. The van der Waals surface area contributed by atoms with Gasteiger partial charge < -0.3 is 9.84 Å². The van der Waals surface area contributed by atoms with Crippen LogP contribution < -0.4 is 4.74 Å². The molecule has 0 saturated carbocycles. The topological polar surface area (TPSA) is 46.5 Å². The lowest BCUT2D eigenvalue weighted by Crippen LogP contribution is -2.39. The van der Waals surface area contributed by atoms with Gasteiger partial charge in [-0.2, -0.15) is 0 Å². The normalized spacial score (nSPS) is 21.8. The molecule has 3 heteroatoms. The van der Waals surface area contributed by atoms with Gasteiger partial charge in [0.15, 0.2) is 5.78 Å². The summed E-state index contributed by atoms with van der Waals surface area (Å²) in [7, 11) is 0. The number of hydrogen-bond acceptors (Lipinski definition) is 3. The molecular weight excluding hydrogens is 252 g/mol. The highest BCUT2D eigenvalue weighted by Gasteiger charge is 2.36. The van der Waals surface area contributed by atoms with Crippen molar-refractivity contribution >= 4 is 16.6 Å². The summed E-state index contributed by atoms with van der Waals surface area (Å²) in [4.78, 5) is 12.3. The van der Waals surface area contributed by atoms with Crippen LogP contribution in [0.3, 0.4) is 0 Å². The van der Waals surface area contributed by atoms with Crippen molar-refractivity contribution in [1.29, 1.82) is 0 Å². The Kier molecular flexibility index (Phi) is 2.67. The van der Waals surface area contributed by atoms with Crippen molar-refractivity contribution in [2.45, 2.75) is 39.9 Å². The lowest BCUT2D eigenvalue weighted by molar-refractivity contribution is -0.122. The Hall–Kier alpha value is -1.87. The minimum atomic E-state index is -1.43. The van der Waals surface area contributed by atoms with E-state index in [1.807, 2.05) is 26.0 Å². The van der Waals surface area contributed by atoms with Crippen LogP contribution in [-0.2, 0) is 0 Å². The van der Waals surface area contributed by atoms with Crippen LogP contribution in [0.1, 0.15) is 40.4 Å². The summed E-state index contributed by atoms with van der Waals surface area (Å²) in [6.45, 7) is 7.54. The van der Waals surface area contributed by atoms with Gasteiger partial charge in [-0.1, -0.05) is 12.1 Å². The number of hydrogen-bond donors (Lipinski definition) is 1. The molecule has 3 rings (SSSR count). The van der Waals surface area contributed by atoms with Crippen molar-refractivity contribution in [3.8, 4) is 5.75 Å². The van der Waals surface area contributed by atoms with Crippen LogP contribution in [0.4, 0.5) is 0 Å². The zero-order valence-electron chi connectivity index (χ0n) is 12.2. The van der Waals surface area contributed by atoms with Crippen LogP contribution in [0, 0.1) is 20.8 Å². The smallest absolute Gasteiger partial charge is 0.212 e. The maximum absolute atomic E-state index is 12.3. The third-order valence-corrected chi connectivity index (χ3v) is 3.99. The highest BCUT2D eigenvalue weighted by Crippen LogP contribution is 2.40. The fourth-order valence-electron chi connectivity index (χ4n) is 2.87. The number of carbonyl (C=O) groups is 1. The molecule has 2 aromatic rings. The molecule has 0 aromatic heterocycles. The van der Waals surface area contributed by atoms with Gasteiger partial charge >= 0.3 is 0 Å². The van der Waals surface area contributed by atoms with E-state index in [2.05, 4.69) is 13.0 Å². The molecule has 0 aliphatic carbocycles. The Morgan fingerprint density at radius 3 is 2.40 bits per heavy atom. The number of fused-ring (bicyclic) bond motifs is 3. The van der Waals surface area contributed by atoms with Crippen LogP contribution in [0.2, 0.25) is 0 Å². The number of benzene rings is 2. The van der Waals surface area contributed by atoms with Gasteiger partial charge in [-0.15, -0.1) is 0 Å². The number of carbonyl (C=O) groups excluding carboxylic acids is 1. The molecule has 2 aromatic carbocycles. The van der Waals surface area contributed by atoms with E-state index in [1.54, 1.807) is 0 Å². The summed E-state index contributed by atoms with van der Waals surface area (Å²) in [6.07, 6.45) is -0.00279. The van der Waals surface area contributed by atoms with Crippen LogP contribution in [0.15, 0.2) is 18.2 Å². The third-order valence-electron chi connectivity index (χ3n) is 3.99. The molecule has 3 nitrogen and oxygen atoms in total. The molecule has 0 bridgehead atoms. The molecule has 1 aliphatic heterocycles. The Morgan fingerprint density at radius 1 is 1.10 bits per heavy atom. The first-order valence-corrected chi connectivity index (χ1v) is 6.78. The van der Waals surface area contributed by atoms with E-state index in [4.69, 9.17) is 4.74 Å². The minimum Gasteiger partial charge on any atom is -0.461 e. The molecule has 1 N–H and O–H groups in total. The molecule has 1 atom stereocenters. The molecule has 104 valence electrons. The summed E-state index contributed by atoms with van der Waals surface area (Å²) in [5.74, 6) is -0.970. The van der Waals surface area contributed by atoms with Crippen LogP contribution in [-0.4, -0.2) is 16.7 Å². The fourth-order valence-corrected chi connectivity index (χ4v) is 2.87. The van der Waals surface area contributed by atoms with Gasteiger partial charge in [-0.25, -0.2) is 0 Å². The van der Waals surface area contributed by atoms with E-state index in [1.165, 1.54) is 12.5 Å². The minimum absolute atomic E-state index is 0.00279. The number of ketones is 1. The van der Waals surface area contributed by atoms with Gasteiger partial charge in [0.05, 0.1) is 12.0 Å². The van der Waals surface area contributed by atoms with E-state index in [-0.39, 0.29) is 12.2 Å². The lowest BCUT2D eigenvalue weighted by Gasteiger charge is -2.31. The number of aryl methyl sites for hydroxylation is 3. The largest absolute Gasteiger partial charge is 0.461 e. The van der Waals surface area contributed by atoms with Crippen LogP contribution in [0.5, 0.6) is 5.75 Å². The molecule has 1 aliphatic rings. The summed E-state index contributed by atoms with van der Waals surface area (Å²) in [6, 6.07) is 6.13. The standard InChI is InChI=1S/C17H18O3/c1-9-5-12-6-11(3)15-14(18)8-17(4,19)20-16(15)13(12)7-10(9)2/h5-7,19H,8H2,1-4H3. The van der Waals surface area contributed by atoms with Gasteiger partial charge in [0, 0.05) is 12.3 Å². The van der Waals surface area contributed by atoms with Crippen LogP contribution >= 0.6 is 0 Å². The van der Waals surface area contributed by atoms with Gasteiger partial charge in [-0.3, -0.25) is 4.79 Å². The maximum atomic E-state index is 12.3. The highest BCUT2D eigenvalue weighted by atomic mass is 16.6.